The molecule has 2 saturated heterocycles. The van der Waals surface area contributed by atoms with Crippen molar-refractivity contribution < 1.29 is 13.2 Å². The minimum absolute atomic E-state index is 0. The molecule has 1 amide bonds. The number of carbonyl (C=O) groups is 1. The smallest absolute Gasteiger partial charge is 0.225 e. The van der Waals surface area contributed by atoms with Gasteiger partial charge in [0.15, 0.2) is 0 Å². The topological polar surface area (TPSA) is 69.7 Å². The number of carbonyl (C=O) groups excluding carboxylic acids is 1. The maximum absolute atomic E-state index is 12.6. The van der Waals surface area contributed by atoms with Gasteiger partial charge in [-0.1, -0.05) is 13.3 Å². The van der Waals surface area contributed by atoms with Crippen LogP contribution < -0.4 is 5.32 Å². The lowest BCUT2D eigenvalue weighted by molar-refractivity contribution is -0.136. The minimum Gasteiger partial charge on any atom is -0.341 e. The molecule has 2 aliphatic rings. The van der Waals surface area contributed by atoms with Crippen molar-refractivity contribution >= 4 is 28.3 Å². The molecule has 0 saturated carbocycles. The van der Waals surface area contributed by atoms with Crippen molar-refractivity contribution in [3.8, 4) is 0 Å². The van der Waals surface area contributed by atoms with E-state index in [-0.39, 0.29) is 30.0 Å². The molecule has 2 aliphatic heterocycles. The molecular formula is C15H30ClN3O3S. The van der Waals surface area contributed by atoms with E-state index in [4.69, 9.17) is 0 Å². The highest BCUT2D eigenvalue weighted by molar-refractivity contribution is 7.89. The Kier molecular flexibility index (Phi) is 8.82. The van der Waals surface area contributed by atoms with Crippen molar-refractivity contribution in [2.45, 2.75) is 39.0 Å². The van der Waals surface area contributed by atoms with E-state index in [0.717, 1.165) is 39.0 Å². The summed E-state index contributed by atoms with van der Waals surface area (Å²) in [6, 6.07) is 0. The second-order valence-corrected chi connectivity index (χ2v) is 8.36. The maximum Gasteiger partial charge on any atom is 0.225 e. The number of hydrogen-bond donors (Lipinski definition) is 1. The number of hydrogen-bond acceptors (Lipinski definition) is 4. The minimum atomic E-state index is -3.13. The number of unbranched alkanes of at least 4 members (excludes halogenated alkanes) is 1. The molecule has 8 heteroatoms. The van der Waals surface area contributed by atoms with Crippen LogP contribution >= 0.6 is 12.4 Å². The van der Waals surface area contributed by atoms with Gasteiger partial charge in [0.05, 0.1) is 5.75 Å². The van der Waals surface area contributed by atoms with E-state index in [1.807, 2.05) is 11.8 Å². The van der Waals surface area contributed by atoms with Crippen molar-refractivity contribution in [3.63, 3.8) is 0 Å². The molecule has 0 aromatic carbocycles. The Hall–Kier alpha value is -0.370. The zero-order chi connectivity index (χ0) is 16.0. The molecule has 2 fully saturated rings. The Morgan fingerprint density at radius 2 is 1.83 bits per heavy atom. The fourth-order valence-corrected chi connectivity index (χ4v) is 4.84. The molecule has 0 bridgehead atoms. The van der Waals surface area contributed by atoms with Crippen LogP contribution in [0.25, 0.3) is 0 Å². The first-order chi connectivity index (χ1) is 10.5. The maximum atomic E-state index is 12.6. The van der Waals surface area contributed by atoms with Crippen LogP contribution in [0.15, 0.2) is 0 Å². The Bertz CT molecular complexity index is 457. The molecule has 0 atom stereocenters. The molecule has 0 radical (unpaired) electrons. The van der Waals surface area contributed by atoms with Crippen molar-refractivity contribution in [1.29, 1.82) is 0 Å². The average molecular weight is 368 g/mol. The van der Waals surface area contributed by atoms with Crippen LogP contribution in [-0.2, 0) is 14.8 Å². The number of amides is 1. The van der Waals surface area contributed by atoms with Gasteiger partial charge in [0.1, 0.15) is 0 Å². The molecule has 0 aliphatic carbocycles. The number of rotatable bonds is 5. The van der Waals surface area contributed by atoms with Gasteiger partial charge in [-0.2, -0.15) is 0 Å². The normalized spacial score (nSPS) is 21.5. The summed E-state index contributed by atoms with van der Waals surface area (Å²) < 4.78 is 26.0. The van der Waals surface area contributed by atoms with Gasteiger partial charge in [-0.05, 0) is 32.2 Å². The lowest BCUT2D eigenvalue weighted by atomic mass is 9.96. The number of nitrogens with zero attached hydrogens (tertiary/aromatic N) is 2. The van der Waals surface area contributed by atoms with Gasteiger partial charge in [-0.25, -0.2) is 12.7 Å². The molecular weight excluding hydrogens is 338 g/mol. The lowest BCUT2D eigenvalue weighted by Crippen LogP contribution is -2.45. The van der Waals surface area contributed by atoms with Crippen LogP contribution in [0, 0.1) is 5.92 Å². The molecule has 2 rings (SSSR count). The van der Waals surface area contributed by atoms with Crippen molar-refractivity contribution in [2.75, 3.05) is 45.0 Å². The fraction of sp³-hybridized carbons (Fsp3) is 0.933. The summed E-state index contributed by atoms with van der Waals surface area (Å²) >= 11 is 0. The molecule has 136 valence electrons. The molecule has 23 heavy (non-hydrogen) atoms. The van der Waals surface area contributed by atoms with Crippen molar-refractivity contribution in [1.82, 2.24) is 14.5 Å². The van der Waals surface area contributed by atoms with Gasteiger partial charge in [0, 0.05) is 38.6 Å². The Morgan fingerprint density at radius 1 is 1.13 bits per heavy atom. The summed E-state index contributed by atoms with van der Waals surface area (Å²) in [4.78, 5) is 14.5. The van der Waals surface area contributed by atoms with E-state index in [1.54, 1.807) is 4.31 Å². The lowest BCUT2D eigenvalue weighted by Gasteiger charge is -2.33. The van der Waals surface area contributed by atoms with Gasteiger partial charge in [0.25, 0.3) is 0 Å². The summed E-state index contributed by atoms with van der Waals surface area (Å²) in [7, 11) is -3.13. The van der Waals surface area contributed by atoms with E-state index < -0.39 is 10.0 Å². The van der Waals surface area contributed by atoms with Crippen LogP contribution in [-0.4, -0.2) is 68.6 Å². The van der Waals surface area contributed by atoms with E-state index in [9.17, 15) is 13.2 Å². The summed E-state index contributed by atoms with van der Waals surface area (Å²) in [6.07, 6.45) is 3.91. The van der Waals surface area contributed by atoms with E-state index in [1.165, 1.54) is 0 Å². The zero-order valence-electron chi connectivity index (χ0n) is 14.0. The predicted molar refractivity (Wildman–Crippen MR) is 94.3 cm³/mol. The largest absolute Gasteiger partial charge is 0.341 e. The van der Waals surface area contributed by atoms with E-state index in [2.05, 4.69) is 5.32 Å². The molecule has 0 unspecified atom stereocenters. The standard InChI is InChI=1S/C15H29N3O3S.ClH/c1-2-3-13-22(20,21)18-10-5-14(6-11-18)15(19)17-9-4-7-16-8-12-17;/h14,16H,2-13H2,1H3;1H. The van der Waals surface area contributed by atoms with Crippen molar-refractivity contribution in [3.05, 3.63) is 0 Å². The van der Waals surface area contributed by atoms with Gasteiger partial charge >= 0.3 is 0 Å². The van der Waals surface area contributed by atoms with E-state index >= 15 is 0 Å². The number of sulfonamides is 1. The fourth-order valence-electron chi connectivity index (χ4n) is 3.16. The molecule has 0 aromatic heterocycles. The van der Waals surface area contributed by atoms with Crippen LogP contribution in [0.3, 0.4) is 0 Å². The Morgan fingerprint density at radius 3 is 2.48 bits per heavy atom. The highest BCUT2D eigenvalue weighted by atomic mass is 35.5. The predicted octanol–water partition coefficient (Wildman–Crippen LogP) is 1.07. The Balaban J connectivity index is 0.00000264. The van der Waals surface area contributed by atoms with Gasteiger partial charge < -0.3 is 10.2 Å². The quantitative estimate of drug-likeness (QED) is 0.789. The number of nitrogens with one attached hydrogen (secondary N) is 1. The molecule has 0 aromatic rings. The number of piperidine rings is 1. The molecule has 2 heterocycles. The van der Waals surface area contributed by atoms with Gasteiger partial charge in [-0.15, -0.1) is 12.4 Å². The van der Waals surface area contributed by atoms with Gasteiger partial charge in [-0.3, -0.25) is 4.79 Å². The first-order valence-electron chi connectivity index (χ1n) is 8.52. The average Bonchev–Trinajstić information content (AvgIpc) is 2.81. The number of halogens is 1. The van der Waals surface area contributed by atoms with Crippen LogP contribution in [0.5, 0.6) is 0 Å². The van der Waals surface area contributed by atoms with E-state index in [0.29, 0.717) is 32.4 Å². The summed E-state index contributed by atoms with van der Waals surface area (Å²) in [6.45, 7) is 6.40. The van der Waals surface area contributed by atoms with Crippen molar-refractivity contribution in [2.24, 2.45) is 5.92 Å². The highest BCUT2D eigenvalue weighted by Gasteiger charge is 2.32. The summed E-state index contributed by atoms with van der Waals surface area (Å²) in [5, 5.41) is 3.30. The first kappa shape index (κ1) is 20.7. The third-order valence-corrected chi connectivity index (χ3v) is 6.56. The molecule has 0 spiro atoms. The summed E-state index contributed by atoms with van der Waals surface area (Å²) in [5.41, 5.74) is 0. The van der Waals surface area contributed by atoms with Gasteiger partial charge in [0.2, 0.25) is 15.9 Å². The van der Waals surface area contributed by atoms with Crippen LogP contribution in [0.4, 0.5) is 0 Å². The second-order valence-electron chi connectivity index (χ2n) is 6.27. The second kappa shape index (κ2) is 9.81. The third-order valence-electron chi connectivity index (χ3n) is 4.60. The first-order valence-corrected chi connectivity index (χ1v) is 10.1. The van der Waals surface area contributed by atoms with Crippen LogP contribution in [0.1, 0.15) is 39.0 Å². The Labute approximate surface area is 146 Å². The zero-order valence-corrected chi connectivity index (χ0v) is 15.6. The molecule has 6 nitrogen and oxygen atoms in total. The third kappa shape index (κ3) is 5.89. The monoisotopic (exact) mass is 367 g/mol. The molecule has 1 N–H and O–H groups in total. The highest BCUT2D eigenvalue weighted by Crippen LogP contribution is 2.22. The summed E-state index contributed by atoms with van der Waals surface area (Å²) in [5.74, 6) is 0.449. The SMILES string of the molecule is CCCCS(=O)(=O)N1CCC(C(=O)N2CCCNCC2)CC1.Cl. The van der Waals surface area contributed by atoms with Crippen LogP contribution in [0.2, 0.25) is 0 Å².